The molecule has 1 N–H and O–H groups in total. The Labute approximate surface area is 136 Å². The van der Waals surface area contributed by atoms with E-state index in [-0.39, 0.29) is 11.9 Å². The van der Waals surface area contributed by atoms with Crippen molar-refractivity contribution in [2.24, 2.45) is 0 Å². The predicted molar refractivity (Wildman–Crippen MR) is 86.1 cm³/mol. The van der Waals surface area contributed by atoms with Crippen molar-refractivity contribution < 1.29 is 4.39 Å². The van der Waals surface area contributed by atoms with Crippen molar-refractivity contribution >= 4 is 39.1 Å². The van der Waals surface area contributed by atoms with Crippen molar-refractivity contribution in [3.63, 3.8) is 0 Å². The first kappa shape index (κ1) is 15.8. The highest BCUT2D eigenvalue weighted by molar-refractivity contribution is 9.10. The molecule has 0 aromatic heterocycles. The zero-order valence-electron chi connectivity index (χ0n) is 10.8. The quantitative estimate of drug-likeness (QED) is 0.753. The van der Waals surface area contributed by atoms with Crippen LogP contribution in [0.1, 0.15) is 17.2 Å². The van der Waals surface area contributed by atoms with Gasteiger partial charge >= 0.3 is 0 Å². The topological polar surface area (TPSA) is 12.0 Å². The van der Waals surface area contributed by atoms with Crippen LogP contribution in [-0.4, -0.2) is 7.05 Å². The van der Waals surface area contributed by atoms with Crippen LogP contribution in [0, 0.1) is 5.82 Å². The molecule has 0 aliphatic carbocycles. The van der Waals surface area contributed by atoms with Crippen LogP contribution >= 0.6 is 39.1 Å². The molecule has 2 rings (SSSR count). The van der Waals surface area contributed by atoms with Gasteiger partial charge in [-0.2, -0.15) is 0 Å². The second kappa shape index (κ2) is 6.90. The molecule has 1 nitrogen and oxygen atoms in total. The Morgan fingerprint density at radius 2 is 1.95 bits per heavy atom. The van der Waals surface area contributed by atoms with Crippen LogP contribution < -0.4 is 5.32 Å². The molecule has 0 spiro atoms. The lowest BCUT2D eigenvalue weighted by Crippen LogP contribution is -2.19. The summed E-state index contributed by atoms with van der Waals surface area (Å²) < 4.78 is 14.6. The van der Waals surface area contributed by atoms with E-state index in [0.29, 0.717) is 22.0 Å². The van der Waals surface area contributed by atoms with Gasteiger partial charge in [-0.05, 0) is 70.9 Å². The summed E-state index contributed by atoms with van der Waals surface area (Å²) in [6.45, 7) is 0. The fraction of sp³-hybridized carbons (Fsp3) is 0.200. The van der Waals surface area contributed by atoms with Crippen LogP contribution in [-0.2, 0) is 6.42 Å². The molecule has 0 saturated carbocycles. The van der Waals surface area contributed by atoms with E-state index in [1.54, 1.807) is 12.1 Å². The molecule has 0 radical (unpaired) electrons. The lowest BCUT2D eigenvalue weighted by Gasteiger charge is -2.18. The van der Waals surface area contributed by atoms with Gasteiger partial charge in [-0.25, -0.2) is 4.39 Å². The van der Waals surface area contributed by atoms with Crippen LogP contribution in [0.2, 0.25) is 10.0 Å². The summed E-state index contributed by atoms with van der Waals surface area (Å²) in [5.74, 6) is -0.252. The summed E-state index contributed by atoms with van der Waals surface area (Å²) in [5, 5.41) is 4.34. The van der Waals surface area contributed by atoms with Gasteiger partial charge in [-0.3, -0.25) is 0 Å². The van der Waals surface area contributed by atoms with Gasteiger partial charge in [-0.15, -0.1) is 0 Å². The van der Waals surface area contributed by atoms with Crippen LogP contribution in [0.25, 0.3) is 0 Å². The van der Waals surface area contributed by atoms with Gasteiger partial charge in [-0.1, -0.05) is 29.3 Å². The fourth-order valence-electron chi connectivity index (χ4n) is 2.04. The maximum atomic E-state index is 13.8. The van der Waals surface area contributed by atoms with E-state index < -0.39 is 0 Å². The SMILES string of the molecule is CNC(Cc1cc(Cl)ccc1F)c1ccc(Br)c(Cl)c1. The second-order valence-corrected chi connectivity index (χ2v) is 6.15. The third-order valence-corrected chi connectivity index (χ3v) is 4.59. The Balaban J connectivity index is 2.28. The monoisotopic (exact) mass is 375 g/mol. The number of nitrogens with one attached hydrogen (secondary N) is 1. The number of rotatable bonds is 4. The van der Waals surface area contributed by atoms with Gasteiger partial charge in [0, 0.05) is 15.5 Å². The highest BCUT2D eigenvalue weighted by Gasteiger charge is 2.14. The highest BCUT2D eigenvalue weighted by Crippen LogP contribution is 2.28. The van der Waals surface area contributed by atoms with Crippen molar-refractivity contribution in [3.8, 4) is 0 Å². The third kappa shape index (κ3) is 3.73. The zero-order chi connectivity index (χ0) is 14.7. The first-order valence-electron chi connectivity index (χ1n) is 6.07. The van der Waals surface area contributed by atoms with E-state index in [1.807, 2.05) is 25.2 Å². The smallest absolute Gasteiger partial charge is 0.126 e. The van der Waals surface area contributed by atoms with Gasteiger partial charge < -0.3 is 5.32 Å². The van der Waals surface area contributed by atoms with Crippen LogP contribution in [0.15, 0.2) is 40.9 Å². The van der Waals surface area contributed by atoms with Crippen molar-refractivity contribution in [1.29, 1.82) is 0 Å². The summed E-state index contributed by atoms with van der Waals surface area (Å²) >= 11 is 15.4. The van der Waals surface area contributed by atoms with Crippen LogP contribution in [0.4, 0.5) is 4.39 Å². The molecule has 0 saturated heterocycles. The van der Waals surface area contributed by atoms with Crippen LogP contribution in [0.5, 0.6) is 0 Å². The Kier molecular flexibility index (Phi) is 5.44. The number of hydrogen-bond acceptors (Lipinski definition) is 1. The molecule has 106 valence electrons. The van der Waals surface area contributed by atoms with Crippen molar-refractivity contribution in [1.82, 2.24) is 5.32 Å². The molecule has 0 aliphatic rings. The number of benzene rings is 2. The maximum Gasteiger partial charge on any atom is 0.126 e. The van der Waals surface area contributed by atoms with Gasteiger partial charge in [0.2, 0.25) is 0 Å². The molecule has 1 unspecified atom stereocenters. The fourth-order valence-corrected chi connectivity index (χ4v) is 2.67. The Bertz CT molecular complexity index is 619. The molecule has 5 heteroatoms. The van der Waals surface area contributed by atoms with E-state index in [9.17, 15) is 4.39 Å². The lowest BCUT2D eigenvalue weighted by molar-refractivity contribution is 0.554. The standard InChI is InChI=1S/C15H13BrCl2FN/c1-20-15(9-2-4-12(16)13(18)7-9)8-10-6-11(17)3-5-14(10)19/h2-7,15,20H,8H2,1H3. The first-order valence-corrected chi connectivity index (χ1v) is 7.62. The van der Waals surface area contributed by atoms with Crippen molar-refractivity contribution in [2.75, 3.05) is 7.05 Å². The number of hydrogen-bond donors (Lipinski definition) is 1. The van der Waals surface area contributed by atoms with E-state index in [0.717, 1.165) is 10.0 Å². The summed E-state index contributed by atoms with van der Waals surface area (Å²) in [5.41, 5.74) is 1.58. The number of likely N-dealkylation sites (N-methyl/N-ethyl adjacent to an activating group) is 1. The molecule has 20 heavy (non-hydrogen) atoms. The average molecular weight is 377 g/mol. The molecular formula is C15H13BrCl2FN. The normalized spacial score (nSPS) is 12.4. The van der Waals surface area contributed by atoms with Crippen molar-refractivity contribution in [2.45, 2.75) is 12.5 Å². The second-order valence-electron chi connectivity index (χ2n) is 4.45. The minimum atomic E-state index is -0.252. The Morgan fingerprint density at radius 1 is 1.20 bits per heavy atom. The molecule has 1 atom stereocenters. The molecule has 0 bridgehead atoms. The third-order valence-electron chi connectivity index (χ3n) is 3.13. The van der Waals surface area contributed by atoms with Gasteiger partial charge in [0.1, 0.15) is 5.82 Å². The van der Waals surface area contributed by atoms with E-state index in [2.05, 4.69) is 21.2 Å². The average Bonchev–Trinajstić information content (AvgIpc) is 2.43. The number of halogens is 4. The molecule has 0 heterocycles. The summed E-state index contributed by atoms with van der Waals surface area (Å²) in [6, 6.07) is 10.3. The first-order chi connectivity index (χ1) is 9.51. The molecular weight excluding hydrogens is 364 g/mol. The van der Waals surface area contributed by atoms with Crippen molar-refractivity contribution in [3.05, 3.63) is 67.9 Å². The summed E-state index contributed by atoms with van der Waals surface area (Å²) in [6.07, 6.45) is 0.501. The molecule has 0 amide bonds. The largest absolute Gasteiger partial charge is 0.313 e. The minimum Gasteiger partial charge on any atom is -0.313 e. The predicted octanol–water partition coefficient (Wildman–Crippen LogP) is 5.40. The molecule has 0 fully saturated rings. The summed E-state index contributed by atoms with van der Waals surface area (Å²) in [7, 11) is 1.84. The minimum absolute atomic E-state index is 0.0337. The zero-order valence-corrected chi connectivity index (χ0v) is 13.9. The van der Waals surface area contributed by atoms with E-state index in [1.165, 1.54) is 6.07 Å². The Morgan fingerprint density at radius 3 is 2.60 bits per heavy atom. The van der Waals surface area contributed by atoms with Gasteiger partial charge in [0.25, 0.3) is 0 Å². The molecule has 0 aliphatic heterocycles. The maximum absolute atomic E-state index is 13.8. The molecule has 2 aromatic carbocycles. The summed E-state index contributed by atoms with van der Waals surface area (Å²) in [4.78, 5) is 0. The van der Waals surface area contributed by atoms with Gasteiger partial charge in [0.15, 0.2) is 0 Å². The van der Waals surface area contributed by atoms with Gasteiger partial charge in [0.05, 0.1) is 5.02 Å². The lowest BCUT2D eigenvalue weighted by atomic mass is 9.99. The van der Waals surface area contributed by atoms with E-state index in [4.69, 9.17) is 23.2 Å². The highest BCUT2D eigenvalue weighted by atomic mass is 79.9. The van der Waals surface area contributed by atoms with Crippen LogP contribution in [0.3, 0.4) is 0 Å². The Hall–Kier alpha value is -0.610. The van der Waals surface area contributed by atoms with E-state index >= 15 is 0 Å². The molecule has 2 aromatic rings.